The molecule has 6 nitrogen and oxygen atoms in total. The number of benzene rings is 2. The first-order chi connectivity index (χ1) is 12.3. The van der Waals surface area contributed by atoms with Gasteiger partial charge < -0.3 is 13.9 Å². The van der Waals surface area contributed by atoms with Gasteiger partial charge in [-0.05, 0) is 48.5 Å². The summed E-state index contributed by atoms with van der Waals surface area (Å²) in [4.78, 5) is 11.1. The highest BCUT2D eigenvalue weighted by molar-refractivity contribution is 7.87. The molecule has 0 aliphatic rings. The van der Waals surface area contributed by atoms with Crippen molar-refractivity contribution in [3.8, 4) is 5.75 Å². The lowest BCUT2D eigenvalue weighted by molar-refractivity contribution is 0.0996. The Bertz CT molecular complexity index is 1030. The molecule has 0 saturated heterocycles. The smallest absolute Gasteiger partial charge is 0.342 e. The average Bonchev–Trinajstić information content (AvgIpc) is 3.10. The second kappa shape index (κ2) is 6.96. The van der Waals surface area contributed by atoms with Crippen LogP contribution in [0.1, 0.15) is 10.6 Å². The van der Waals surface area contributed by atoms with E-state index in [4.69, 9.17) is 8.60 Å². The molecule has 0 radical (unpaired) electrons. The first-order valence-corrected chi connectivity index (χ1v) is 8.60. The maximum Gasteiger partial charge on any atom is 0.342 e. The molecule has 9 heteroatoms. The summed E-state index contributed by atoms with van der Waals surface area (Å²) in [6.07, 6.45) is 1.35. The van der Waals surface area contributed by atoms with Crippen molar-refractivity contribution >= 4 is 21.7 Å². The number of amides is 1. The molecule has 1 N–H and O–H groups in total. The Balaban J connectivity index is 1.73. The van der Waals surface area contributed by atoms with Crippen LogP contribution in [0.4, 0.5) is 14.5 Å². The van der Waals surface area contributed by atoms with Crippen LogP contribution in [-0.2, 0) is 10.1 Å². The predicted octanol–water partition coefficient (Wildman–Crippen LogP) is 3.58. The van der Waals surface area contributed by atoms with E-state index in [1.54, 1.807) is 6.07 Å². The van der Waals surface area contributed by atoms with Crippen molar-refractivity contribution < 1.29 is 30.6 Å². The standard InChI is InChI=1S/C17H11F2NO5S/c18-11-3-8-16(14(19)10-11)26(22,23)25-13-6-4-12(5-7-13)20-17(21)15-2-1-9-24-15/h1-10H,(H,20,21). The van der Waals surface area contributed by atoms with Crippen LogP contribution in [0.3, 0.4) is 0 Å². The van der Waals surface area contributed by atoms with Gasteiger partial charge in [0.2, 0.25) is 0 Å². The Morgan fingerprint density at radius 1 is 1.04 bits per heavy atom. The zero-order valence-electron chi connectivity index (χ0n) is 13.0. The van der Waals surface area contributed by atoms with Gasteiger partial charge >= 0.3 is 10.1 Å². The molecule has 0 atom stereocenters. The molecule has 0 bridgehead atoms. The maximum atomic E-state index is 13.6. The van der Waals surface area contributed by atoms with Gasteiger partial charge in [-0.15, -0.1) is 0 Å². The topological polar surface area (TPSA) is 85.6 Å². The molecule has 1 heterocycles. The second-order valence-electron chi connectivity index (χ2n) is 5.07. The van der Waals surface area contributed by atoms with E-state index in [9.17, 15) is 22.0 Å². The summed E-state index contributed by atoms with van der Waals surface area (Å²) in [5.74, 6) is -2.64. The summed E-state index contributed by atoms with van der Waals surface area (Å²) in [6, 6.07) is 10.4. The van der Waals surface area contributed by atoms with Crippen molar-refractivity contribution in [2.45, 2.75) is 4.90 Å². The number of furan rings is 1. The third-order valence-electron chi connectivity index (χ3n) is 3.23. The first kappa shape index (κ1) is 17.6. The molecule has 0 fully saturated rings. The molecular weight excluding hydrogens is 368 g/mol. The highest BCUT2D eigenvalue weighted by atomic mass is 32.2. The normalized spacial score (nSPS) is 11.2. The van der Waals surface area contributed by atoms with Gasteiger partial charge in [0.15, 0.2) is 5.76 Å². The maximum absolute atomic E-state index is 13.6. The Morgan fingerprint density at radius 2 is 1.77 bits per heavy atom. The summed E-state index contributed by atoms with van der Waals surface area (Å²) < 4.78 is 60.5. The van der Waals surface area contributed by atoms with Gasteiger partial charge in [-0.1, -0.05) is 0 Å². The zero-order valence-corrected chi connectivity index (χ0v) is 13.8. The van der Waals surface area contributed by atoms with E-state index in [1.165, 1.54) is 36.6 Å². The third-order valence-corrected chi connectivity index (χ3v) is 4.51. The van der Waals surface area contributed by atoms with Gasteiger partial charge in [-0.2, -0.15) is 8.42 Å². The van der Waals surface area contributed by atoms with Gasteiger partial charge in [0.1, 0.15) is 22.3 Å². The summed E-state index contributed by atoms with van der Waals surface area (Å²) in [5, 5.41) is 2.54. The fourth-order valence-electron chi connectivity index (χ4n) is 2.04. The third kappa shape index (κ3) is 3.89. The minimum absolute atomic E-state index is 0.107. The van der Waals surface area contributed by atoms with Crippen LogP contribution >= 0.6 is 0 Å². The van der Waals surface area contributed by atoms with Crippen LogP contribution < -0.4 is 9.50 Å². The lowest BCUT2D eigenvalue weighted by Gasteiger charge is -2.09. The van der Waals surface area contributed by atoms with Crippen molar-refractivity contribution in [1.82, 2.24) is 0 Å². The average molecular weight is 379 g/mol. The molecular formula is C17H11F2NO5S. The van der Waals surface area contributed by atoms with Gasteiger partial charge in [0.25, 0.3) is 5.91 Å². The number of nitrogens with one attached hydrogen (secondary N) is 1. The Kier molecular flexibility index (Phi) is 4.72. The number of anilines is 1. The molecule has 1 amide bonds. The Labute approximate surface area is 147 Å². The minimum atomic E-state index is -4.48. The van der Waals surface area contributed by atoms with Crippen LogP contribution in [0.5, 0.6) is 5.75 Å². The lowest BCUT2D eigenvalue weighted by Crippen LogP contribution is -2.12. The van der Waals surface area contributed by atoms with Gasteiger partial charge in [-0.25, -0.2) is 8.78 Å². The molecule has 3 rings (SSSR count). The predicted molar refractivity (Wildman–Crippen MR) is 87.3 cm³/mol. The zero-order chi connectivity index (χ0) is 18.7. The Hall–Kier alpha value is -3.20. The van der Waals surface area contributed by atoms with E-state index >= 15 is 0 Å². The fourth-order valence-corrected chi connectivity index (χ4v) is 3.03. The van der Waals surface area contributed by atoms with Crippen molar-refractivity contribution in [3.05, 3.63) is 78.3 Å². The number of halogens is 2. The van der Waals surface area contributed by atoms with Crippen LogP contribution in [0.25, 0.3) is 0 Å². The molecule has 1 aromatic heterocycles. The summed E-state index contributed by atoms with van der Waals surface area (Å²) in [5.41, 5.74) is 0.365. The monoisotopic (exact) mass is 379 g/mol. The van der Waals surface area contributed by atoms with Crippen molar-refractivity contribution in [2.75, 3.05) is 5.32 Å². The SMILES string of the molecule is O=C(Nc1ccc(OS(=O)(=O)c2ccc(F)cc2F)cc1)c1ccco1. The molecule has 0 unspecified atom stereocenters. The molecule has 0 aliphatic carbocycles. The number of hydrogen-bond acceptors (Lipinski definition) is 5. The Morgan fingerprint density at radius 3 is 2.38 bits per heavy atom. The first-order valence-electron chi connectivity index (χ1n) is 7.19. The van der Waals surface area contributed by atoms with Gasteiger partial charge in [-0.3, -0.25) is 4.79 Å². The molecule has 0 spiro atoms. The number of rotatable bonds is 5. The van der Waals surface area contributed by atoms with Crippen molar-refractivity contribution in [1.29, 1.82) is 0 Å². The van der Waals surface area contributed by atoms with Crippen LogP contribution in [0.15, 0.2) is 70.2 Å². The van der Waals surface area contributed by atoms with Crippen molar-refractivity contribution in [2.24, 2.45) is 0 Å². The molecule has 2 aromatic carbocycles. The highest BCUT2D eigenvalue weighted by Crippen LogP contribution is 2.23. The van der Waals surface area contributed by atoms with E-state index < -0.39 is 32.6 Å². The van der Waals surface area contributed by atoms with E-state index in [-0.39, 0.29) is 11.5 Å². The molecule has 3 aromatic rings. The van der Waals surface area contributed by atoms with Crippen molar-refractivity contribution in [3.63, 3.8) is 0 Å². The quantitative estimate of drug-likeness (QED) is 0.685. The lowest BCUT2D eigenvalue weighted by atomic mass is 10.3. The van der Waals surface area contributed by atoms with Crippen LogP contribution in [0.2, 0.25) is 0 Å². The molecule has 0 saturated carbocycles. The van der Waals surface area contributed by atoms with E-state index in [0.717, 1.165) is 12.1 Å². The van der Waals surface area contributed by atoms with Gasteiger partial charge in [0, 0.05) is 11.8 Å². The minimum Gasteiger partial charge on any atom is -0.459 e. The second-order valence-corrected chi connectivity index (χ2v) is 6.58. The summed E-state index contributed by atoms with van der Waals surface area (Å²) in [6.45, 7) is 0. The highest BCUT2D eigenvalue weighted by Gasteiger charge is 2.22. The molecule has 134 valence electrons. The fraction of sp³-hybridized carbons (Fsp3) is 0. The van der Waals surface area contributed by atoms with E-state index in [1.807, 2.05) is 0 Å². The number of carbonyl (C=O) groups excluding carboxylic acids is 1. The largest absolute Gasteiger partial charge is 0.459 e. The van der Waals surface area contributed by atoms with Gasteiger partial charge in [0.05, 0.1) is 6.26 Å². The summed E-state index contributed by atoms with van der Waals surface area (Å²) in [7, 11) is -4.48. The van der Waals surface area contributed by atoms with E-state index in [2.05, 4.69) is 5.32 Å². The molecule has 26 heavy (non-hydrogen) atoms. The van der Waals surface area contributed by atoms with Crippen LogP contribution in [0, 0.1) is 11.6 Å². The number of carbonyl (C=O) groups is 1. The molecule has 0 aliphatic heterocycles. The van der Waals surface area contributed by atoms with Crippen LogP contribution in [-0.4, -0.2) is 14.3 Å². The summed E-state index contributed by atoms with van der Waals surface area (Å²) >= 11 is 0. The number of hydrogen-bond donors (Lipinski definition) is 1. The van der Waals surface area contributed by atoms with E-state index in [0.29, 0.717) is 11.8 Å².